The van der Waals surface area contributed by atoms with Gasteiger partial charge in [-0.15, -0.1) is 0 Å². The van der Waals surface area contributed by atoms with Crippen molar-refractivity contribution in [1.82, 2.24) is 25.8 Å². The van der Waals surface area contributed by atoms with Gasteiger partial charge in [0.25, 0.3) is 0 Å². The van der Waals surface area contributed by atoms with E-state index in [4.69, 9.17) is 14.2 Å². The van der Waals surface area contributed by atoms with Crippen LogP contribution in [0.3, 0.4) is 0 Å². The monoisotopic (exact) mass is 703 g/mol. The standard InChI is InChI=1S/C38H65N5O7/c1-10-27(4)35(42(7)33(44)22-26(2)3)32(48-8)24-34(45)43-20-14-18-31(43)36(49-9)28(5)37(46)41-30(23-29-16-12-11-13-17-29)38(47)40-19-15-21-50-25-39-6/h11-13,16-17,26-28,30-32,35-36,39H,10,14-15,18-25H2,1-9H3,(H,40,47)(H,41,46). The Bertz CT molecular complexity index is 1170. The van der Waals surface area contributed by atoms with Crippen LogP contribution in [-0.4, -0.2) is 119 Å². The van der Waals surface area contributed by atoms with E-state index in [-0.39, 0.29) is 54.0 Å². The van der Waals surface area contributed by atoms with Gasteiger partial charge in [-0.25, -0.2) is 0 Å². The molecule has 0 aliphatic carbocycles. The first kappa shape index (κ1) is 43.1. The number of nitrogens with one attached hydrogen (secondary N) is 3. The largest absolute Gasteiger partial charge is 0.379 e. The number of benzene rings is 1. The summed E-state index contributed by atoms with van der Waals surface area (Å²) in [4.78, 5) is 57.8. The predicted octanol–water partition coefficient (Wildman–Crippen LogP) is 3.38. The smallest absolute Gasteiger partial charge is 0.242 e. The van der Waals surface area contributed by atoms with Crippen molar-refractivity contribution >= 4 is 23.6 Å². The number of hydrogen-bond acceptors (Lipinski definition) is 8. The highest BCUT2D eigenvalue weighted by molar-refractivity contribution is 5.89. The minimum absolute atomic E-state index is 0.0379. The molecule has 1 aliphatic heterocycles. The van der Waals surface area contributed by atoms with Crippen molar-refractivity contribution in [3.63, 3.8) is 0 Å². The Balaban J connectivity index is 2.18. The highest BCUT2D eigenvalue weighted by Crippen LogP contribution is 2.29. The molecule has 284 valence electrons. The Hall–Kier alpha value is -3.06. The van der Waals surface area contributed by atoms with E-state index in [1.54, 1.807) is 33.1 Å². The number of hydrogen-bond donors (Lipinski definition) is 3. The molecule has 12 nitrogen and oxygen atoms in total. The molecule has 0 aromatic heterocycles. The van der Waals surface area contributed by atoms with Gasteiger partial charge >= 0.3 is 0 Å². The zero-order valence-corrected chi connectivity index (χ0v) is 32.0. The molecule has 0 saturated carbocycles. The van der Waals surface area contributed by atoms with Gasteiger partial charge in [0.2, 0.25) is 23.6 Å². The van der Waals surface area contributed by atoms with Gasteiger partial charge in [0.1, 0.15) is 6.04 Å². The molecule has 0 radical (unpaired) electrons. The van der Waals surface area contributed by atoms with Crippen LogP contribution in [-0.2, 0) is 39.8 Å². The second-order valence-electron chi connectivity index (χ2n) is 14.0. The summed E-state index contributed by atoms with van der Waals surface area (Å²) in [5.41, 5.74) is 0.925. The number of carbonyl (C=O) groups excluding carboxylic acids is 4. The lowest BCUT2D eigenvalue weighted by Crippen LogP contribution is -2.55. The number of ether oxygens (including phenoxy) is 3. The fraction of sp³-hybridized carbons (Fsp3) is 0.737. The molecule has 1 heterocycles. The van der Waals surface area contributed by atoms with Gasteiger partial charge < -0.3 is 34.6 Å². The second kappa shape index (κ2) is 22.7. The first-order chi connectivity index (χ1) is 23.9. The molecule has 2 rings (SSSR count). The minimum Gasteiger partial charge on any atom is -0.379 e. The molecular formula is C38H65N5O7. The Morgan fingerprint density at radius 1 is 1.00 bits per heavy atom. The van der Waals surface area contributed by atoms with Crippen molar-refractivity contribution in [3.8, 4) is 0 Å². The summed E-state index contributed by atoms with van der Waals surface area (Å²) in [6.45, 7) is 11.9. The fourth-order valence-corrected chi connectivity index (χ4v) is 6.86. The Morgan fingerprint density at radius 2 is 1.70 bits per heavy atom. The van der Waals surface area contributed by atoms with Crippen LogP contribution in [0.4, 0.5) is 0 Å². The van der Waals surface area contributed by atoms with Gasteiger partial charge in [-0.2, -0.15) is 0 Å². The number of carbonyl (C=O) groups is 4. The van der Waals surface area contributed by atoms with Gasteiger partial charge in [0.05, 0.1) is 50.0 Å². The number of amides is 4. The highest BCUT2D eigenvalue weighted by atomic mass is 16.5. The van der Waals surface area contributed by atoms with Crippen molar-refractivity contribution in [3.05, 3.63) is 35.9 Å². The molecule has 1 aromatic carbocycles. The van der Waals surface area contributed by atoms with Gasteiger partial charge in [0, 0.05) is 47.2 Å². The maximum Gasteiger partial charge on any atom is 0.242 e. The summed E-state index contributed by atoms with van der Waals surface area (Å²) >= 11 is 0. The number of rotatable bonds is 23. The number of nitrogens with zero attached hydrogens (tertiary/aromatic N) is 2. The summed E-state index contributed by atoms with van der Waals surface area (Å²) in [5.74, 6) is -0.953. The van der Waals surface area contributed by atoms with Crippen LogP contribution < -0.4 is 16.0 Å². The maximum absolute atomic E-state index is 14.0. The van der Waals surface area contributed by atoms with E-state index in [9.17, 15) is 19.2 Å². The normalized spacial score (nSPS) is 18.2. The molecule has 7 atom stereocenters. The first-order valence-corrected chi connectivity index (χ1v) is 18.3. The van der Waals surface area contributed by atoms with E-state index in [0.717, 1.165) is 18.4 Å². The zero-order valence-electron chi connectivity index (χ0n) is 32.0. The molecule has 12 heteroatoms. The van der Waals surface area contributed by atoms with Crippen LogP contribution >= 0.6 is 0 Å². The lowest BCUT2D eigenvalue weighted by molar-refractivity contribution is -0.146. The van der Waals surface area contributed by atoms with Crippen molar-refractivity contribution < 1.29 is 33.4 Å². The summed E-state index contributed by atoms with van der Waals surface area (Å²) in [7, 11) is 6.77. The number of likely N-dealkylation sites (N-methyl/N-ethyl adjacent to an activating group) is 1. The Morgan fingerprint density at radius 3 is 2.30 bits per heavy atom. The Labute approximate surface area is 300 Å². The molecule has 1 aromatic rings. The highest BCUT2D eigenvalue weighted by Gasteiger charge is 2.42. The minimum atomic E-state index is -0.792. The van der Waals surface area contributed by atoms with E-state index in [1.807, 2.05) is 56.1 Å². The van der Waals surface area contributed by atoms with Crippen molar-refractivity contribution in [2.45, 2.75) is 110 Å². The van der Waals surface area contributed by atoms with Crippen LogP contribution in [0.5, 0.6) is 0 Å². The summed E-state index contributed by atoms with van der Waals surface area (Å²) in [6, 6.07) is 8.19. The average Bonchev–Trinajstić information content (AvgIpc) is 3.58. The quantitative estimate of drug-likeness (QED) is 0.117. The van der Waals surface area contributed by atoms with Crippen LogP contribution in [0.1, 0.15) is 78.7 Å². The third-order valence-electron chi connectivity index (χ3n) is 9.81. The molecule has 3 N–H and O–H groups in total. The van der Waals surface area contributed by atoms with Crippen molar-refractivity contribution in [2.24, 2.45) is 17.8 Å². The third kappa shape index (κ3) is 13.2. The molecule has 1 fully saturated rings. The number of likely N-dealkylation sites (tertiary alicyclic amines) is 1. The van der Waals surface area contributed by atoms with Gasteiger partial charge in [-0.05, 0) is 43.7 Å². The lowest BCUT2D eigenvalue weighted by Gasteiger charge is -2.39. The predicted molar refractivity (Wildman–Crippen MR) is 195 cm³/mol. The molecular weight excluding hydrogens is 638 g/mol. The van der Waals surface area contributed by atoms with Crippen LogP contribution in [0.15, 0.2) is 30.3 Å². The molecule has 50 heavy (non-hydrogen) atoms. The molecule has 0 bridgehead atoms. The van der Waals surface area contributed by atoms with Crippen molar-refractivity contribution in [2.75, 3.05) is 54.7 Å². The topological polar surface area (TPSA) is 139 Å². The molecule has 7 unspecified atom stereocenters. The van der Waals surface area contributed by atoms with E-state index >= 15 is 0 Å². The summed E-state index contributed by atoms with van der Waals surface area (Å²) in [6.07, 6.45) is 2.72. The van der Waals surface area contributed by atoms with Crippen LogP contribution in [0.25, 0.3) is 0 Å². The van der Waals surface area contributed by atoms with E-state index in [1.165, 1.54) is 0 Å². The third-order valence-corrected chi connectivity index (χ3v) is 9.81. The summed E-state index contributed by atoms with van der Waals surface area (Å²) < 4.78 is 17.3. The second-order valence-corrected chi connectivity index (χ2v) is 14.0. The van der Waals surface area contributed by atoms with E-state index < -0.39 is 24.2 Å². The van der Waals surface area contributed by atoms with Crippen molar-refractivity contribution in [1.29, 1.82) is 0 Å². The SMILES string of the molecule is CCC(C)C(C(CC(=O)N1CCCC1C(OC)C(C)C(=O)NC(Cc1ccccc1)C(=O)NCCCOCNC)OC)N(C)C(=O)CC(C)C. The molecule has 0 spiro atoms. The van der Waals surface area contributed by atoms with Gasteiger partial charge in [0.15, 0.2) is 0 Å². The Kier molecular flexibility index (Phi) is 19.6. The lowest BCUT2D eigenvalue weighted by atomic mass is 9.90. The van der Waals surface area contributed by atoms with Crippen LogP contribution in [0, 0.1) is 17.8 Å². The first-order valence-electron chi connectivity index (χ1n) is 18.3. The maximum atomic E-state index is 14.0. The molecule has 4 amide bonds. The van der Waals surface area contributed by atoms with Gasteiger partial charge in [-0.3, -0.25) is 24.5 Å². The zero-order chi connectivity index (χ0) is 37.2. The van der Waals surface area contributed by atoms with E-state index in [2.05, 4.69) is 29.8 Å². The molecule has 1 saturated heterocycles. The average molecular weight is 704 g/mol. The number of methoxy groups -OCH3 is 2. The fourth-order valence-electron chi connectivity index (χ4n) is 6.86. The van der Waals surface area contributed by atoms with Gasteiger partial charge in [-0.1, -0.05) is 71.4 Å². The summed E-state index contributed by atoms with van der Waals surface area (Å²) in [5, 5.41) is 8.84. The van der Waals surface area contributed by atoms with E-state index in [0.29, 0.717) is 52.1 Å². The molecule has 1 aliphatic rings. The van der Waals surface area contributed by atoms with Crippen LogP contribution in [0.2, 0.25) is 0 Å².